The number of fused-ring (bicyclic) bond motifs is 1. The smallest absolute Gasteiger partial charge is 0.372 e. The molecule has 5 heteroatoms. The molecule has 0 saturated heterocycles. The van der Waals surface area contributed by atoms with Crippen LogP contribution < -0.4 is 0 Å². The van der Waals surface area contributed by atoms with Gasteiger partial charge >= 0.3 is 5.97 Å². The van der Waals surface area contributed by atoms with Crippen LogP contribution in [0.2, 0.25) is 5.02 Å². The number of rotatable bonds is 3. The molecule has 1 N–H and O–H groups in total. The highest BCUT2D eigenvalue weighted by molar-refractivity contribution is 6.36. The van der Waals surface area contributed by atoms with Crippen LogP contribution in [0.3, 0.4) is 0 Å². The topological polar surface area (TPSA) is 59.7 Å². The molecule has 0 amide bonds. The molecule has 0 aliphatic heterocycles. The molecule has 17 heavy (non-hydrogen) atoms. The summed E-state index contributed by atoms with van der Waals surface area (Å²) in [5.41, 5.74) is 1.82. The summed E-state index contributed by atoms with van der Waals surface area (Å²) in [5.74, 6) is -1.23. The maximum absolute atomic E-state index is 11.1. The fraction of sp³-hybridized carbons (Fsp3) is 0.250. The average Bonchev–Trinajstić information content (AvgIpc) is 2.65. The molecule has 1 aromatic heterocycles. The average molecular weight is 255 g/mol. The van der Waals surface area contributed by atoms with Crippen LogP contribution in [0.15, 0.2) is 16.5 Å². The van der Waals surface area contributed by atoms with Gasteiger partial charge in [0.05, 0.1) is 11.6 Å². The molecular formula is C12H11ClO4. The highest BCUT2D eigenvalue weighted by Crippen LogP contribution is 2.34. The Morgan fingerprint density at radius 2 is 2.24 bits per heavy atom. The zero-order valence-corrected chi connectivity index (χ0v) is 10.2. The minimum Gasteiger partial charge on any atom is -0.475 e. The van der Waals surface area contributed by atoms with Crippen LogP contribution in [0.1, 0.15) is 21.7 Å². The van der Waals surface area contributed by atoms with Crippen LogP contribution in [-0.2, 0) is 11.3 Å². The van der Waals surface area contributed by atoms with Crippen LogP contribution in [-0.4, -0.2) is 18.2 Å². The summed E-state index contributed by atoms with van der Waals surface area (Å²) < 4.78 is 10.4. The third-order valence-electron chi connectivity index (χ3n) is 2.57. The van der Waals surface area contributed by atoms with Gasteiger partial charge in [-0.2, -0.15) is 0 Å². The lowest BCUT2D eigenvalue weighted by Crippen LogP contribution is -1.99. The van der Waals surface area contributed by atoms with Gasteiger partial charge in [-0.1, -0.05) is 17.7 Å². The summed E-state index contributed by atoms with van der Waals surface area (Å²) in [7, 11) is 1.49. The van der Waals surface area contributed by atoms with E-state index >= 15 is 0 Å². The van der Waals surface area contributed by atoms with Gasteiger partial charge in [0.25, 0.3) is 0 Å². The normalized spacial score (nSPS) is 11.0. The molecule has 0 atom stereocenters. The number of aromatic carboxylic acids is 1. The van der Waals surface area contributed by atoms with Crippen molar-refractivity contribution in [2.24, 2.45) is 0 Å². The maximum atomic E-state index is 11.1. The Balaban J connectivity index is 2.84. The highest BCUT2D eigenvalue weighted by Gasteiger charge is 2.22. The summed E-state index contributed by atoms with van der Waals surface area (Å²) in [4.78, 5) is 11.1. The summed E-state index contributed by atoms with van der Waals surface area (Å²) in [6, 6.07) is 3.51. The molecule has 0 bridgehead atoms. The molecule has 1 heterocycles. The van der Waals surface area contributed by atoms with Crippen molar-refractivity contribution >= 4 is 28.5 Å². The molecule has 0 saturated carbocycles. The van der Waals surface area contributed by atoms with Crippen molar-refractivity contribution in [1.82, 2.24) is 0 Å². The van der Waals surface area contributed by atoms with Gasteiger partial charge in [-0.3, -0.25) is 0 Å². The van der Waals surface area contributed by atoms with Crippen LogP contribution in [0.25, 0.3) is 11.0 Å². The first-order valence-electron chi connectivity index (χ1n) is 4.99. The Hall–Kier alpha value is -1.52. The Morgan fingerprint density at radius 3 is 2.82 bits per heavy atom. The first-order chi connectivity index (χ1) is 8.06. The molecule has 2 aromatic rings. The van der Waals surface area contributed by atoms with Crippen molar-refractivity contribution in [3.8, 4) is 0 Å². The zero-order valence-electron chi connectivity index (χ0n) is 9.41. The zero-order chi connectivity index (χ0) is 12.6. The fourth-order valence-electron chi connectivity index (χ4n) is 1.81. The third-order valence-corrected chi connectivity index (χ3v) is 2.88. The number of benzene rings is 1. The Kier molecular flexibility index (Phi) is 3.09. The van der Waals surface area contributed by atoms with Gasteiger partial charge < -0.3 is 14.3 Å². The first kappa shape index (κ1) is 12.0. The number of aryl methyl sites for hydroxylation is 1. The SMILES string of the molecule is COCc1c(C(=O)O)oc2c(C)ccc(Cl)c12. The van der Waals surface area contributed by atoms with Gasteiger partial charge in [-0.15, -0.1) is 0 Å². The number of ether oxygens (including phenoxy) is 1. The minimum absolute atomic E-state index is 0.113. The second-order valence-electron chi connectivity index (χ2n) is 3.72. The first-order valence-corrected chi connectivity index (χ1v) is 5.36. The Morgan fingerprint density at radius 1 is 1.53 bits per heavy atom. The minimum atomic E-state index is -1.12. The number of furan rings is 1. The van der Waals surface area contributed by atoms with E-state index in [1.54, 1.807) is 12.1 Å². The van der Waals surface area contributed by atoms with Gasteiger partial charge in [0.1, 0.15) is 5.58 Å². The van der Waals surface area contributed by atoms with E-state index in [2.05, 4.69) is 0 Å². The Bertz CT molecular complexity index is 586. The van der Waals surface area contributed by atoms with E-state index in [4.69, 9.17) is 25.9 Å². The third kappa shape index (κ3) is 1.90. The lowest BCUT2D eigenvalue weighted by molar-refractivity contribution is 0.0658. The van der Waals surface area contributed by atoms with E-state index in [9.17, 15) is 4.79 Å². The standard InChI is InChI=1S/C12H11ClO4/c1-6-3-4-8(13)9-7(5-16-2)11(12(14)15)17-10(6)9/h3-4H,5H2,1-2H3,(H,14,15). The number of methoxy groups -OCH3 is 1. The van der Waals surface area contributed by atoms with E-state index in [1.165, 1.54) is 7.11 Å². The van der Waals surface area contributed by atoms with E-state index in [1.807, 2.05) is 6.92 Å². The number of carboxylic acids is 1. The molecule has 0 aliphatic carbocycles. The molecule has 1 aromatic carbocycles. The summed E-state index contributed by atoms with van der Waals surface area (Å²) >= 11 is 6.08. The second-order valence-corrected chi connectivity index (χ2v) is 4.12. The van der Waals surface area contributed by atoms with E-state index < -0.39 is 5.97 Å². The van der Waals surface area contributed by atoms with Gasteiger partial charge in [-0.25, -0.2) is 4.79 Å². The van der Waals surface area contributed by atoms with E-state index in [-0.39, 0.29) is 12.4 Å². The lowest BCUT2D eigenvalue weighted by atomic mass is 10.1. The van der Waals surface area contributed by atoms with Crippen molar-refractivity contribution in [2.45, 2.75) is 13.5 Å². The Labute approximate surface area is 103 Å². The van der Waals surface area contributed by atoms with Crippen molar-refractivity contribution in [2.75, 3.05) is 7.11 Å². The van der Waals surface area contributed by atoms with Gasteiger partial charge in [0.15, 0.2) is 0 Å². The molecule has 0 aliphatic rings. The van der Waals surface area contributed by atoms with E-state index in [0.717, 1.165) is 5.56 Å². The number of hydrogen-bond donors (Lipinski definition) is 1. The predicted octanol–water partition coefficient (Wildman–Crippen LogP) is 3.24. The molecule has 90 valence electrons. The molecule has 2 rings (SSSR count). The summed E-state index contributed by atoms with van der Waals surface area (Å²) in [6.07, 6.45) is 0. The maximum Gasteiger partial charge on any atom is 0.372 e. The molecule has 0 fully saturated rings. The lowest BCUT2D eigenvalue weighted by Gasteiger charge is -2.00. The van der Waals surface area contributed by atoms with Crippen molar-refractivity contribution < 1.29 is 19.1 Å². The molecular weight excluding hydrogens is 244 g/mol. The molecule has 4 nitrogen and oxygen atoms in total. The van der Waals surface area contributed by atoms with Crippen LogP contribution in [0.5, 0.6) is 0 Å². The molecule has 0 unspecified atom stereocenters. The van der Waals surface area contributed by atoms with Gasteiger partial charge in [0.2, 0.25) is 5.76 Å². The largest absolute Gasteiger partial charge is 0.475 e. The monoisotopic (exact) mass is 254 g/mol. The number of carboxylic acid groups (broad SMARTS) is 1. The number of halogens is 1. The van der Waals surface area contributed by atoms with Crippen LogP contribution >= 0.6 is 11.6 Å². The number of carbonyl (C=O) groups is 1. The quantitative estimate of drug-likeness (QED) is 0.913. The predicted molar refractivity (Wildman–Crippen MR) is 63.6 cm³/mol. The van der Waals surface area contributed by atoms with Gasteiger partial charge in [-0.05, 0) is 18.6 Å². The summed E-state index contributed by atoms with van der Waals surface area (Å²) in [5, 5.41) is 10.2. The number of hydrogen-bond acceptors (Lipinski definition) is 3. The van der Waals surface area contributed by atoms with Crippen molar-refractivity contribution in [1.29, 1.82) is 0 Å². The van der Waals surface area contributed by atoms with E-state index in [0.29, 0.717) is 21.6 Å². The fourth-order valence-corrected chi connectivity index (χ4v) is 2.07. The second kappa shape index (κ2) is 4.39. The van der Waals surface area contributed by atoms with Gasteiger partial charge in [0, 0.05) is 18.1 Å². The molecule has 0 radical (unpaired) electrons. The molecule has 0 spiro atoms. The summed E-state index contributed by atoms with van der Waals surface area (Å²) in [6.45, 7) is 1.99. The van der Waals surface area contributed by atoms with Crippen molar-refractivity contribution in [3.05, 3.63) is 34.0 Å². The van der Waals surface area contributed by atoms with Crippen molar-refractivity contribution in [3.63, 3.8) is 0 Å². The highest BCUT2D eigenvalue weighted by atomic mass is 35.5. The van der Waals surface area contributed by atoms with Crippen LogP contribution in [0.4, 0.5) is 0 Å². The van der Waals surface area contributed by atoms with Crippen LogP contribution in [0, 0.1) is 6.92 Å².